The Bertz CT molecular complexity index is 1230. The summed E-state index contributed by atoms with van der Waals surface area (Å²) in [6, 6.07) is 8.83. The summed E-state index contributed by atoms with van der Waals surface area (Å²) in [5.41, 5.74) is -2.23. The number of rotatable bonds is 6. The van der Waals surface area contributed by atoms with E-state index in [1.807, 2.05) is 0 Å². The topological polar surface area (TPSA) is 51.5 Å². The van der Waals surface area contributed by atoms with Crippen LogP contribution in [0, 0.1) is 5.82 Å². The molecule has 4 rings (SSSR count). The number of fused-ring (bicyclic) bond motifs is 3. The SMILES string of the molecule is COC(C)(c1cc(F)cc2c1c(Sc1ccc(Cl)cc1)c1n2CCC1CC(=O)O)C(F)(F)F. The Hall–Kier alpha value is -2.23. The minimum Gasteiger partial charge on any atom is -0.481 e. The highest BCUT2D eigenvalue weighted by Gasteiger charge is 2.54. The molecule has 2 unspecified atom stereocenters. The zero-order valence-corrected chi connectivity index (χ0v) is 19.2. The lowest BCUT2D eigenvalue weighted by molar-refractivity contribution is -0.268. The Labute approximate surface area is 196 Å². The first-order chi connectivity index (χ1) is 15.5. The maximum atomic E-state index is 14.7. The van der Waals surface area contributed by atoms with Crippen molar-refractivity contribution in [1.29, 1.82) is 0 Å². The maximum absolute atomic E-state index is 14.7. The zero-order chi connectivity index (χ0) is 24.1. The molecular weight excluding hydrogens is 482 g/mol. The standard InChI is InChI=1S/C23H20ClF4NO3S/c1-22(32-2,23(26,27)28)16-10-14(25)11-17-19(16)21(33-15-5-3-13(24)4-6-15)20-12(9-18(30)31)7-8-29(17)20/h3-6,10-12H,7-9H2,1-2H3,(H,30,31). The van der Waals surface area contributed by atoms with Crippen LogP contribution in [0.1, 0.15) is 36.9 Å². The van der Waals surface area contributed by atoms with Gasteiger partial charge >= 0.3 is 12.1 Å². The summed E-state index contributed by atoms with van der Waals surface area (Å²) in [6.45, 7) is 1.25. The number of benzene rings is 2. The molecule has 0 fully saturated rings. The molecule has 2 atom stereocenters. The van der Waals surface area contributed by atoms with E-state index < -0.39 is 29.5 Å². The van der Waals surface area contributed by atoms with Gasteiger partial charge < -0.3 is 14.4 Å². The smallest absolute Gasteiger partial charge is 0.421 e. The third-order valence-electron chi connectivity index (χ3n) is 6.13. The molecule has 0 saturated carbocycles. The van der Waals surface area contributed by atoms with Crippen molar-refractivity contribution in [2.45, 2.75) is 53.8 Å². The Morgan fingerprint density at radius 1 is 1.27 bits per heavy atom. The molecule has 3 aromatic rings. The molecule has 0 bridgehead atoms. The van der Waals surface area contributed by atoms with Gasteiger partial charge in [-0.1, -0.05) is 23.4 Å². The van der Waals surface area contributed by atoms with Crippen LogP contribution in [0.3, 0.4) is 0 Å². The number of aromatic nitrogens is 1. The van der Waals surface area contributed by atoms with Gasteiger partial charge in [-0.15, -0.1) is 0 Å². The van der Waals surface area contributed by atoms with Crippen LogP contribution in [0.15, 0.2) is 46.2 Å². The van der Waals surface area contributed by atoms with E-state index in [1.165, 1.54) is 17.8 Å². The van der Waals surface area contributed by atoms with Crippen molar-refractivity contribution in [3.8, 4) is 0 Å². The molecule has 0 radical (unpaired) electrons. The van der Waals surface area contributed by atoms with Gasteiger partial charge in [-0.05, 0) is 49.7 Å². The fourth-order valence-corrected chi connectivity index (χ4v) is 5.71. The minimum atomic E-state index is -4.82. The lowest BCUT2D eigenvalue weighted by Gasteiger charge is -2.32. The molecular formula is C23H20ClF4NO3S. The number of aliphatic carboxylic acids is 1. The predicted molar refractivity (Wildman–Crippen MR) is 117 cm³/mol. The highest BCUT2D eigenvalue weighted by molar-refractivity contribution is 7.99. The summed E-state index contributed by atoms with van der Waals surface area (Å²) in [5, 5.41) is 10.1. The molecule has 10 heteroatoms. The fraction of sp³-hybridized carbons (Fsp3) is 0.348. The third kappa shape index (κ3) is 4.11. The van der Waals surface area contributed by atoms with Gasteiger partial charge in [0.1, 0.15) is 5.82 Å². The van der Waals surface area contributed by atoms with Gasteiger partial charge in [0.25, 0.3) is 0 Å². The fourth-order valence-electron chi connectivity index (χ4n) is 4.38. The predicted octanol–water partition coefficient (Wildman–Crippen LogP) is 6.97. The van der Waals surface area contributed by atoms with Gasteiger partial charge in [0, 0.05) is 51.0 Å². The maximum Gasteiger partial charge on any atom is 0.421 e. The number of alkyl halides is 3. The van der Waals surface area contributed by atoms with Gasteiger partial charge in [-0.3, -0.25) is 4.79 Å². The lowest BCUT2D eigenvalue weighted by atomic mass is 9.90. The van der Waals surface area contributed by atoms with Crippen molar-refractivity contribution in [2.24, 2.45) is 0 Å². The first-order valence-electron chi connectivity index (χ1n) is 10.1. The molecule has 4 nitrogen and oxygen atoms in total. The van der Waals surface area contributed by atoms with Crippen LogP contribution in [-0.2, 0) is 21.7 Å². The van der Waals surface area contributed by atoms with E-state index in [4.69, 9.17) is 16.3 Å². The second-order valence-electron chi connectivity index (χ2n) is 8.09. The average Bonchev–Trinajstić information content (AvgIpc) is 3.26. The number of halogens is 5. The van der Waals surface area contributed by atoms with Crippen LogP contribution in [0.4, 0.5) is 17.6 Å². The average molecular weight is 502 g/mol. The molecule has 1 aromatic heterocycles. The second-order valence-corrected chi connectivity index (χ2v) is 9.61. The van der Waals surface area contributed by atoms with E-state index in [0.29, 0.717) is 33.5 Å². The third-order valence-corrected chi connectivity index (χ3v) is 7.51. The summed E-state index contributed by atoms with van der Waals surface area (Å²) in [6.07, 6.45) is -4.50. The Morgan fingerprint density at radius 3 is 2.52 bits per heavy atom. The molecule has 0 saturated heterocycles. The van der Waals surface area contributed by atoms with E-state index in [-0.39, 0.29) is 22.9 Å². The van der Waals surface area contributed by atoms with E-state index >= 15 is 0 Å². The van der Waals surface area contributed by atoms with Crippen molar-refractivity contribution in [2.75, 3.05) is 7.11 Å². The molecule has 1 aliphatic rings. The van der Waals surface area contributed by atoms with Crippen LogP contribution in [0.5, 0.6) is 0 Å². The zero-order valence-electron chi connectivity index (χ0n) is 17.7. The van der Waals surface area contributed by atoms with Gasteiger partial charge in [0.2, 0.25) is 0 Å². The quantitative estimate of drug-likeness (QED) is 0.370. The molecule has 0 aliphatic carbocycles. The summed E-state index contributed by atoms with van der Waals surface area (Å²) < 4.78 is 63.8. The number of aryl methyl sites for hydroxylation is 1. The number of methoxy groups -OCH3 is 1. The molecule has 0 amide bonds. The van der Waals surface area contributed by atoms with Crippen LogP contribution < -0.4 is 0 Å². The summed E-state index contributed by atoms with van der Waals surface area (Å²) >= 11 is 7.18. The van der Waals surface area contributed by atoms with Crippen LogP contribution in [0.25, 0.3) is 10.9 Å². The Morgan fingerprint density at radius 2 is 1.94 bits per heavy atom. The summed E-state index contributed by atoms with van der Waals surface area (Å²) in [4.78, 5) is 12.7. The first-order valence-corrected chi connectivity index (χ1v) is 11.3. The number of carbonyl (C=O) groups is 1. The van der Waals surface area contributed by atoms with Crippen LogP contribution in [-0.4, -0.2) is 28.9 Å². The number of ether oxygens (including phenoxy) is 1. The van der Waals surface area contributed by atoms with Gasteiger partial charge in [0.15, 0.2) is 5.60 Å². The lowest BCUT2D eigenvalue weighted by Crippen LogP contribution is -2.41. The Balaban J connectivity index is 2.05. The monoisotopic (exact) mass is 501 g/mol. The highest BCUT2D eigenvalue weighted by atomic mass is 35.5. The van der Waals surface area contributed by atoms with E-state index in [2.05, 4.69) is 0 Å². The van der Waals surface area contributed by atoms with Crippen molar-refractivity contribution in [3.05, 3.63) is 58.5 Å². The Kier molecular flexibility index (Phi) is 6.18. The van der Waals surface area contributed by atoms with Crippen molar-refractivity contribution in [1.82, 2.24) is 4.57 Å². The number of carboxylic acids is 1. The number of hydrogen-bond acceptors (Lipinski definition) is 3. The molecule has 0 spiro atoms. The van der Waals surface area contributed by atoms with Crippen LogP contribution >= 0.6 is 23.4 Å². The largest absolute Gasteiger partial charge is 0.481 e. The van der Waals surface area contributed by atoms with Crippen molar-refractivity contribution < 1.29 is 32.2 Å². The van der Waals surface area contributed by atoms with E-state index in [1.54, 1.807) is 28.8 Å². The molecule has 2 heterocycles. The van der Waals surface area contributed by atoms with E-state index in [0.717, 1.165) is 20.1 Å². The van der Waals surface area contributed by atoms with Crippen molar-refractivity contribution >= 4 is 40.2 Å². The summed E-state index contributed by atoms with van der Waals surface area (Å²) in [5.74, 6) is -2.25. The second kappa shape index (κ2) is 8.52. The molecule has 1 aliphatic heterocycles. The van der Waals surface area contributed by atoms with Gasteiger partial charge in [0.05, 0.1) is 11.9 Å². The molecule has 1 N–H and O–H groups in total. The minimum absolute atomic E-state index is 0.177. The highest BCUT2D eigenvalue weighted by Crippen LogP contribution is 2.52. The normalized spacial score (nSPS) is 17.8. The van der Waals surface area contributed by atoms with Crippen molar-refractivity contribution in [3.63, 3.8) is 0 Å². The first kappa shape index (κ1) is 23.9. The van der Waals surface area contributed by atoms with Crippen LogP contribution in [0.2, 0.25) is 5.02 Å². The number of hydrogen-bond donors (Lipinski definition) is 1. The van der Waals surface area contributed by atoms with E-state index in [9.17, 15) is 27.5 Å². The molecule has 33 heavy (non-hydrogen) atoms. The number of carboxylic acid groups (broad SMARTS) is 1. The van der Waals surface area contributed by atoms with Gasteiger partial charge in [-0.25, -0.2) is 4.39 Å². The molecule has 176 valence electrons. The molecule has 2 aromatic carbocycles. The number of nitrogens with zero attached hydrogens (tertiary/aromatic N) is 1. The van der Waals surface area contributed by atoms with Gasteiger partial charge in [-0.2, -0.15) is 13.2 Å². The summed E-state index contributed by atoms with van der Waals surface area (Å²) in [7, 11) is 0.938.